The lowest BCUT2D eigenvalue weighted by Gasteiger charge is -2.07. The van der Waals surface area contributed by atoms with E-state index in [1.54, 1.807) is 0 Å². The second-order valence-corrected chi connectivity index (χ2v) is 4.75. The van der Waals surface area contributed by atoms with Crippen molar-refractivity contribution in [2.75, 3.05) is 0 Å². The van der Waals surface area contributed by atoms with Gasteiger partial charge in [-0.3, -0.25) is 0 Å². The molecule has 1 aromatic carbocycles. The van der Waals surface area contributed by atoms with E-state index in [1.807, 2.05) is 49.0 Å². The summed E-state index contributed by atoms with van der Waals surface area (Å²) in [6, 6.07) is 12.1. The van der Waals surface area contributed by atoms with Crippen LogP contribution < -0.4 is 5.73 Å². The van der Waals surface area contributed by atoms with E-state index in [4.69, 9.17) is 5.73 Å². The number of rotatable bonds is 2. The van der Waals surface area contributed by atoms with Crippen LogP contribution in [0.15, 0.2) is 42.6 Å². The first kappa shape index (κ1) is 11.9. The van der Waals surface area contributed by atoms with Crippen molar-refractivity contribution >= 4 is 10.9 Å². The molecule has 2 N–H and O–H groups in total. The number of fused-ring (bicyclic) bond motifs is 1. The van der Waals surface area contributed by atoms with E-state index in [0.29, 0.717) is 0 Å². The third kappa shape index (κ3) is 2.00. The van der Waals surface area contributed by atoms with Crippen molar-refractivity contribution in [3.8, 4) is 5.82 Å². The van der Waals surface area contributed by atoms with Gasteiger partial charge in [0, 0.05) is 22.7 Å². The normalized spacial score (nSPS) is 12.8. The number of nitrogens with zero attached hydrogens (tertiary/aromatic N) is 3. The third-order valence-corrected chi connectivity index (χ3v) is 3.34. The fourth-order valence-corrected chi connectivity index (χ4v) is 2.27. The third-order valence-electron chi connectivity index (χ3n) is 3.34. The first-order chi connectivity index (χ1) is 9.16. The maximum absolute atomic E-state index is 5.92. The van der Waals surface area contributed by atoms with Gasteiger partial charge in [0.2, 0.25) is 0 Å². The molecule has 4 heteroatoms. The molecule has 2 heterocycles. The predicted octanol–water partition coefficient (Wildman–Crippen LogP) is 2.75. The monoisotopic (exact) mass is 252 g/mol. The van der Waals surface area contributed by atoms with Crippen LogP contribution in [0, 0.1) is 6.92 Å². The Morgan fingerprint density at radius 3 is 2.68 bits per heavy atom. The van der Waals surface area contributed by atoms with Gasteiger partial charge in [0.25, 0.3) is 0 Å². The van der Waals surface area contributed by atoms with Crippen LogP contribution in [0.25, 0.3) is 16.7 Å². The fourth-order valence-electron chi connectivity index (χ4n) is 2.27. The summed E-state index contributed by atoms with van der Waals surface area (Å²) in [5.74, 6) is 0.822. The maximum Gasteiger partial charge on any atom is 0.154 e. The minimum absolute atomic E-state index is 0.0193. The molecule has 1 atom stereocenters. The van der Waals surface area contributed by atoms with E-state index < -0.39 is 0 Å². The largest absolute Gasteiger partial charge is 0.324 e. The molecular weight excluding hydrogens is 236 g/mol. The Kier molecular flexibility index (Phi) is 2.80. The molecule has 3 aromatic rings. The lowest BCUT2D eigenvalue weighted by Crippen LogP contribution is -2.07. The van der Waals surface area contributed by atoms with Crippen molar-refractivity contribution < 1.29 is 0 Å². The number of hydrogen-bond acceptors (Lipinski definition) is 3. The van der Waals surface area contributed by atoms with Gasteiger partial charge in [-0.15, -0.1) is 0 Å². The fraction of sp³-hybridized carbons (Fsp3) is 0.200. The molecular formula is C15H16N4. The van der Waals surface area contributed by atoms with Crippen molar-refractivity contribution in [3.05, 3.63) is 53.9 Å². The second-order valence-electron chi connectivity index (χ2n) is 4.75. The van der Waals surface area contributed by atoms with Crippen LogP contribution in [-0.2, 0) is 0 Å². The SMILES string of the molecule is Cc1c(C(C)N)cnn1-c1ccc2ccccc2n1. The van der Waals surface area contributed by atoms with Gasteiger partial charge in [0.05, 0.1) is 11.7 Å². The van der Waals surface area contributed by atoms with Gasteiger partial charge in [-0.1, -0.05) is 18.2 Å². The van der Waals surface area contributed by atoms with Gasteiger partial charge in [0.1, 0.15) is 0 Å². The summed E-state index contributed by atoms with van der Waals surface area (Å²) >= 11 is 0. The Morgan fingerprint density at radius 2 is 1.95 bits per heavy atom. The average molecular weight is 252 g/mol. The lowest BCUT2D eigenvalue weighted by molar-refractivity contribution is 0.789. The molecule has 0 amide bonds. The summed E-state index contributed by atoms with van der Waals surface area (Å²) in [6.45, 7) is 3.98. The number of aromatic nitrogens is 3. The minimum Gasteiger partial charge on any atom is -0.324 e. The molecule has 0 aliphatic carbocycles. The van der Waals surface area contributed by atoms with Crippen molar-refractivity contribution in [1.82, 2.24) is 14.8 Å². The number of nitrogens with two attached hydrogens (primary N) is 1. The Bertz CT molecular complexity index is 728. The number of benzene rings is 1. The number of pyridine rings is 1. The van der Waals surface area contributed by atoms with E-state index in [1.165, 1.54) is 0 Å². The van der Waals surface area contributed by atoms with Gasteiger partial charge in [-0.2, -0.15) is 5.10 Å². The van der Waals surface area contributed by atoms with E-state index in [-0.39, 0.29) is 6.04 Å². The van der Waals surface area contributed by atoms with Gasteiger partial charge < -0.3 is 5.73 Å². The summed E-state index contributed by atoms with van der Waals surface area (Å²) in [7, 11) is 0. The highest BCUT2D eigenvalue weighted by atomic mass is 15.3. The smallest absolute Gasteiger partial charge is 0.154 e. The molecule has 96 valence electrons. The first-order valence-corrected chi connectivity index (χ1v) is 6.33. The molecule has 0 saturated heterocycles. The molecule has 0 bridgehead atoms. The van der Waals surface area contributed by atoms with Crippen molar-refractivity contribution in [3.63, 3.8) is 0 Å². The Labute approximate surface area is 111 Å². The van der Waals surface area contributed by atoms with Crippen LogP contribution in [0.1, 0.15) is 24.2 Å². The molecule has 0 spiro atoms. The summed E-state index contributed by atoms with van der Waals surface area (Å²) in [5.41, 5.74) is 8.98. The van der Waals surface area contributed by atoms with Crippen molar-refractivity contribution in [1.29, 1.82) is 0 Å². The zero-order valence-corrected chi connectivity index (χ0v) is 11.0. The Hall–Kier alpha value is -2.20. The zero-order chi connectivity index (χ0) is 13.4. The van der Waals surface area contributed by atoms with Crippen LogP contribution in [-0.4, -0.2) is 14.8 Å². The molecule has 3 rings (SSSR count). The summed E-state index contributed by atoms with van der Waals surface area (Å²) in [6.07, 6.45) is 1.82. The predicted molar refractivity (Wildman–Crippen MR) is 76.2 cm³/mol. The first-order valence-electron chi connectivity index (χ1n) is 6.33. The summed E-state index contributed by atoms with van der Waals surface area (Å²) in [4.78, 5) is 4.64. The Balaban J connectivity index is 2.14. The molecule has 2 aromatic heterocycles. The van der Waals surface area contributed by atoms with Gasteiger partial charge in [-0.25, -0.2) is 9.67 Å². The maximum atomic E-state index is 5.92. The average Bonchev–Trinajstić information content (AvgIpc) is 2.80. The molecule has 0 radical (unpaired) electrons. The van der Waals surface area contributed by atoms with Gasteiger partial charge >= 0.3 is 0 Å². The topological polar surface area (TPSA) is 56.7 Å². The number of hydrogen-bond donors (Lipinski definition) is 1. The van der Waals surface area contributed by atoms with E-state index >= 15 is 0 Å². The second kappa shape index (κ2) is 4.48. The molecule has 0 saturated carbocycles. The van der Waals surface area contributed by atoms with Crippen LogP contribution >= 0.6 is 0 Å². The minimum atomic E-state index is -0.0193. The van der Waals surface area contributed by atoms with Crippen LogP contribution in [0.5, 0.6) is 0 Å². The molecule has 4 nitrogen and oxygen atoms in total. The molecule has 0 fully saturated rings. The van der Waals surface area contributed by atoms with Gasteiger partial charge in [0.15, 0.2) is 5.82 Å². The van der Waals surface area contributed by atoms with Gasteiger partial charge in [-0.05, 0) is 32.0 Å². The molecule has 1 unspecified atom stereocenters. The lowest BCUT2D eigenvalue weighted by atomic mass is 10.1. The molecule has 19 heavy (non-hydrogen) atoms. The van der Waals surface area contributed by atoms with E-state index in [9.17, 15) is 0 Å². The van der Waals surface area contributed by atoms with Crippen LogP contribution in [0.4, 0.5) is 0 Å². The van der Waals surface area contributed by atoms with E-state index in [0.717, 1.165) is 28.0 Å². The summed E-state index contributed by atoms with van der Waals surface area (Å²) in [5, 5.41) is 5.52. The zero-order valence-electron chi connectivity index (χ0n) is 11.0. The molecule has 0 aliphatic heterocycles. The standard InChI is InChI=1S/C15H16N4/c1-10(16)13-9-17-19(11(13)2)15-8-7-12-5-3-4-6-14(12)18-15/h3-10H,16H2,1-2H3. The molecule has 0 aliphatic rings. The number of para-hydroxylation sites is 1. The van der Waals surface area contributed by atoms with Crippen molar-refractivity contribution in [2.24, 2.45) is 5.73 Å². The van der Waals surface area contributed by atoms with Crippen LogP contribution in [0.3, 0.4) is 0 Å². The highest BCUT2D eigenvalue weighted by Gasteiger charge is 2.12. The highest BCUT2D eigenvalue weighted by Crippen LogP contribution is 2.19. The summed E-state index contributed by atoms with van der Waals surface area (Å²) < 4.78 is 1.84. The highest BCUT2D eigenvalue weighted by molar-refractivity contribution is 5.79. The van der Waals surface area contributed by atoms with E-state index in [2.05, 4.69) is 22.2 Å². The van der Waals surface area contributed by atoms with Crippen LogP contribution in [0.2, 0.25) is 0 Å². The van der Waals surface area contributed by atoms with Crippen molar-refractivity contribution in [2.45, 2.75) is 19.9 Å². The Morgan fingerprint density at radius 1 is 1.16 bits per heavy atom. The quantitative estimate of drug-likeness (QED) is 0.763.